The summed E-state index contributed by atoms with van der Waals surface area (Å²) in [5.41, 5.74) is 3.81. The van der Waals surface area contributed by atoms with E-state index in [1.165, 1.54) is 17.0 Å². The molecular weight excluding hydrogens is 273 g/mol. The van der Waals surface area contributed by atoms with Crippen molar-refractivity contribution in [1.29, 1.82) is 0 Å². The Kier molecular flexibility index (Phi) is 3.89. The van der Waals surface area contributed by atoms with Crippen LogP contribution >= 0.6 is 0 Å². The third-order valence-electron chi connectivity index (χ3n) is 3.47. The number of likely N-dealkylation sites (tertiary alicyclic amines) is 1. The topological polar surface area (TPSA) is 66.6 Å². The zero-order valence-electron chi connectivity index (χ0n) is 10.7. The van der Waals surface area contributed by atoms with Gasteiger partial charge in [-0.2, -0.15) is 13.2 Å². The maximum Gasteiger partial charge on any atom is 0.418 e. The summed E-state index contributed by atoms with van der Waals surface area (Å²) in [7, 11) is 0. The van der Waals surface area contributed by atoms with E-state index in [1.54, 1.807) is 0 Å². The van der Waals surface area contributed by atoms with E-state index in [0.29, 0.717) is 19.5 Å². The smallest absolute Gasteiger partial charge is 0.398 e. The molecule has 0 aliphatic carbocycles. The lowest BCUT2D eigenvalue weighted by atomic mass is 10.1. The van der Waals surface area contributed by atoms with Crippen molar-refractivity contribution in [2.45, 2.75) is 12.6 Å². The Morgan fingerprint density at radius 3 is 2.70 bits per heavy atom. The number of alkyl halides is 3. The van der Waals surface area contributed by atoms with Crippen LogP contribution in [-0.2, 0) is 6.18 Å². The van der Waals surface area contributed by atoms with Crippen LogP contribution < -0.4 is 5.73 Å². The van der Waals surface area contributed by atoms with Crippen LogP contribution in [0.15, 0.2) is 18.2 Å². The second kappa shape index (κ2) is 5.32. The van der Waals surface area contributed by atoms with E-state index in [0.717, 1.165) is 6.07 Å². The first-order chi connectivity index (χ1) is 9.34. The molecule has 20 heavy (non-hydrogen) atoms. The number of hydrogen-bond acceptors (Lipinski definition) is 3. The lowest BCUT2D eigenvalue weighted by molar-refractivity contribution is -0.136. The lowest BCUT2D eigenvalue weighted by Gasteiger charge is -2.19. The largest absolute Gasteiger partial charge is 0.418 e. The van der Waals surface area contributed by atoms with E-state index in [4.69, 9.17) is 10.8 Å². The number of nitrogen functional groups attached to an aromatic ring is 1. The molecule has 4 nitrogen and oxygen atoms in total. The number of hydrogen-bond donors (Lipinski definition) is 2. The fourth-order valence-corrected chi connectivity index (χ4v) is 2.34. The highest BCUT2D eigenvalue weighted by Crippen LogP contribution is 2.35. The van der Waals surface area contributed by atoms with Crippen LogP contribution in [0.4, 0.5) is 18.9 Å². The SMILES string of the molecule is Nc1c(C(=O)N2CCC(CO)C2)cccc1C(F)(F)F. The van der Waals surface area contributed by atoms with Gasteiger partial charge in [0.2, 0.25) is 0 Å². The number of halogens is 3. The fraction of sp³-hybridized carbons (Fsp3) is 0.462. The van der Waals surface area contributed by atoms with Gasteiger partial charge in [-0.15, -0.1) is 0 Å². The molecule has 0 saturated carbocycles. The summed E-state index contributed by atoms with van der Waals surface area (Å²) in [4.78, 5) is 13.6. The molecule has 0 bridgehead atoms. The molecule has 1 atom stereocenters. The number of amides is 1. The Balaban J connectivity index is 2.28. The summed E-state index contributed by atoms with van der Waals surface area (Å²) >= 11 is 0. The van der Waals surface area contributed by atoms with Gasteiger partial charge in [-0.25, -0.2) is 0 Å². The van der Waals surface area contributed by atoms with Crippen LogP contribution in [0.25, 0.3) is 0 Å². The van der Waals surface area contributed by atoms with Crippen molar-refractivity contribution in [2.24, 2.45) is 5.92 Å². The number of aliphatic hydroxyl groups excluding tert-OH is 1. The lowest BCUT2D eigenvalue weighted by Crippen LogP contribution is -2.30. The summed E-state index contributed by atoms with van der Waals surface area (Å²) in [5.74, 6) is -0.546. The normalized spacial score (nSPS) is 19.4. The summed E-state index contributed by atoms with van der Waals surface area (Å²) < 4.78 is 38.2. The molecule has 0 radical (unpaired) electrons. The van der Waals surface area contributed by atoms with Gasteiger partial charge in [0, 0.05) is 25.6 Å². The van der Waals surface area contributed by atoms with E-state index in [1.807, 2.05) is 0 Å². The standard InChI is InChI=1S/C13H15F3N2O2/c14-13(15,16)10-3-1-2-9(11(10)17)12(20)18-5-4-8(6-18)7-19/h1-3,8,19H,4-7,17H2. The third kappa shape index (κ3) is 2.72. The summed E-state index contributed by atoms with van der Waals surface area (Å²) in [6, 6.07) is 3.32. The molecule has 1 aromatic rings. The first kappa shape index (κ1) is 14.6. The number of rotatable bonds is 2. The van der Waals surface area contributed by atoms with Crippen LogP contribution in [0.3, 0.4) is 0 Å². The summed E-state index contributed by atoms with van der Waals surface area (Å²) in [6.07, 6.45) is -3.94. The molecule has 0 spiro atoms. The molecule has 2 rings (SSSR count). The predicted octanol–water partition coefficient (Wildman–Crippen LogP) is 1.74. The van der Waals surface area contributed by atoms with Crippen LogP contribution in [0.2, 0.25) is 0 Å². The second-order valence-electron chi connectivity index (χ2n) is 4.85. The molecule has 3 N–H and O–H groups in total. The minimum atomic E-state index is -4.58. The van der Waals surface area contributed by atoms with E-state index in [2.05, 4.69) is 0 Å². The number of benzene rings is 1. The van der Waals surface area contributed by atoms with Crippen molar-refractivity contribution in [3.8, 4) is 0 Å². The highest BCUT2D eigenvalue weighted by Gasteiger charge is 2.35. The number of anilines is 1. The molecule has 0 aromatic heterocycles. The molecule has 1 unspecified atom stereocenters. The van der Waals surface area contributed by atoms with E-state index >= 15 is 0 Å². The zero-order chi connectivity index (χ0) is 14.9. The molecule has 1 aliphatic heterocycles. The van der Waals surface area contributed by atoms with Gasteiger partial charge in [0.1, 0.15) is 0 Å². The average molecular weight is 288 g/mol. The molecular formula is C13H15F3N2O2. The molecule has 1 aromatic carbocycles. The van der Waals surface area contributed by atoms with Gasteiger partial charge in [-0.1, -0.05) is 6.07 Å². The van der Waals surface area contributed by atoms with Crippen LogP contribution in [-0.4, -0.2) is 35.6 Å². The van der Waals surface area contributed by atoms with Gasteiger partial charge in [-0.05, 0) is 18.6 Å². The second-order valence-corrected chi connectivity index (χ2v) is 4.85. The first-order valence-electron chi connectivity index (χ1n) is 6.20. The molecule has 110 valence electrons. The summed E-state index contributed by atoms with van der Waals surface area (Å²) in [5, 5.41) is 9.03. The van der Waals surface area contributed by atoms with Crippen LogP contribution in [0.5, 0.6) is 0 Å². The molecule has 1 heterocycles. The van der Waals surface area contributed by atoms with Crippen molar-refractivity contribution >= 4 is 11.6 Å². The van der Waals surface area contributed by atoms with Crippen molar-refractivity contribution < 1.29 is 23.1 Å². The number of aliphatic hydroxyl groups is 1. The number of para-hydroxylation sites is 1. The maximum absolute atomic E-state index is 12.7. The number of carbonyl (C=O) groups excluding carboxylic acids is 1. The molecule has 1 amide bonds. The number of carbonyl (C=O) groups is 1. The van der Waals surface area contributed by atoms with E-state index < -0.39 is 23.3 Å². The monoisotopic (exact) mass is 288 g/mol. The van der Waals surface area contributed by atoms with Gasteiger partial charge < -0.3 is 15.7 Å². The fourth-order valence-electron chi connectivity index (χ4n) is 2.34. The minimum absolute atomic E-state index is 0.0222. The van der Waals surface area contributed by atoms with Gasteiger partial charge in [-0.3, -0.25) is 4.79 Å². The van der Waals surface area contributed by atoms with Crippen molar-refractivity contribution in [3.05, 3.63) is 29.3 Å². The number of nitrogens with zero attached hydrogens (tertiary/aromatic N) is 1. The first-order valence-corrected chi connectivity index (χ1v) is 6.20. The predicted molar refractivity (Wildman–Crippen MR) is 67.0 cm³/mol. The maximum atomic E-state index is 12.7. The van der Waals surface area contributed by atoms with Crippen molar-refractivity contribution in [1.82, 2.24) is 4.90 Å². The Hall–Kier alpha value is -1.76. The molecule has 1 aliphatic rings. The third-order valence-corrected chi connectivity index (χ3v) is 3.47. The quantitative estimate of drug-likeness (QED) is 0.815. The highest BCUT2D eigenvalue weighted by molar-refractivity contribution is 6.00. The Bertz CT molecular complexity index is 517. The van der Waals surface area contributed by atoms with Crippen molar-refractivity contribution in [3.63, 3.8) is 0 Å². The number of nitrogens with two attached hydrogens (primary N) is 1. The Morgan fingerprint density at radius 2 is 2.15 bits per heavy atom. The minimum Gasteiger partial charge on any atom is -0.398 e. The Labute approximate surface area is 114 Å². The summed E-state index contributed by atoms with van der Waals surface area (Å²) in [6.45, 7) is 0.715. The van der Waals surface area contributed by atoms with Crippen LogP contribution in [0, 0.1) is 5.92 Å². The van der Waals surface area contributed by atoms with Gasteiger partial charge in [0.05, 0.1) is 16.8 Å². The van der Waals surface area contributed by atoms with Gasteiger partial charge in [0.15, 0.2) is 0 Å². The van der Waals surface area contributed by atoms with E-state index in [-0.39, 0.29) is 18.1 Å². The molecule has 7 heteroatoms. The average Bonchev–Trinajstić information content (AvgIpc) is 2.85. The van der Waals surface area contributed by atoms with Gasteiger partial charge in [0.25, 0.3) is 5.91 Å². The molecule has 1 fully saturated rings. The van der Waals surface area contributed by atoms with Crippen LogP contribution in [0.1, 0.15) is 22.3 Å². The van der Waals surface area contributed by atoms with Crippen molar-refractivity contribution in [2.75, 3.05) is 25.4 Å². The van der Waals surface area contributed by atoms with Gasteiger partial charge >= 0.3 is 6.18 Å². The Morgan fingerprint density at radius 1 is 1.45 bits per heavy atom. The highest BCUT2D eigenvalue weighted by atomic mass is 19.4. The molecule has 1 saturated heterocycles. The van der Waals surface area contributed by atoms with E-state index in [9.17, 15) is 18.0 Å². The zero-order valence-corrected chi connectivity index (χ0v) is 10.7.